The van der Waals surface area contributed by atoms with E-state index in [2.05, 4.69) is 30.7 Å². The molecular formula is C18H26N2O3. The number of para-hydroxylation sites is 1. The Bertz CT molecular complexity index is 617. The quantitative estimate of drug-likeness (QED) is 0.850. The molecule has 1 aromatic heterocycles. The van der Waals surface area contributed by atoms with Gasteiger partial charge in [-0.15, -0.1) is 0 Å². The molecule has 1 N–H and O–H groups in total. The van der Waals surface area contributed by atoms with E-state index in [0.717, 1.165) is 17.1 Å². The highest BCUT2D eigenvalue weighted by molar-refractivity contribution is 5.33. The van der Waals surface area contributed by atoms with Crippen LogP contribution in [0.3, 0.4) is 0 Å². The van der Waals surface area contributed by atoms with Crippen LogP contribution >= 0.6 is 0 Å². The summed E-state index contributed by atoms with van der Waals surface area (Å²) in [6, 6.07) is 7.90. The van der Waals surface area contributed by atoms with Crippen molar-refractivity contribution in [2.75, 3.05) is 20.3 Å². The molecule has 5 nitrogen and oxygen atoms in total. The Morgan fingerprint density at radius 2 is 1.96 bits per heavy atom. The molecule has 1 aromatic carbocycles. The molecule has 0 radical (unpaired) electrons. The fraction of sp³-hybridized carbons (Fsp3) is 0.500. The summed E-state index contributed by atoms with van der Waals surface area (Å²) in [7, 11) is 1.67. The van der Waals surface area contributed by atoms with Crippen LogP contribution in [0.5, 0.6) is 5.75 Å². The molecule has 0 saturated carbocycles. The smallest absolute Gasteiger partial charge is 0.208 e. The van der Waals surface area contributed by atoms with Crippen molar-refractivity contribution in [3.8, 4) is 5.75 Å². The van der Waals surface area contributed by atoms with Crippen molar-refractivity contribution in [2.45, 2.75) is 39.3 Å². The Hall–Kier alpha value is -1.85. The van der Waals surface area contributed by atoms with Crippen molar-refractivity contribution < 1.29 is 14.3 Å². The molecule has 126 valence electrons. The average Bonchev–Trinajstić information content (AvgIpc) is 2.97. The highest BCUT2D eigenvalue weighted by Gasteiger charge is 2.20. The number of oxazole rings is 1. The van der Waals surface area contributed by atoms with Crippen LogP contribution in [0.15, 0.2) is 34.9 Å². The van der Waals surface area contributed by atoms with Gasteiger partial charge in [0.05, 0.1) is 26.5 Å². The van der Waals surface area contributed by atoms with Crippen molar-refractivity contribution >= 4 is 0 Å². The van der Waals surface area contributed by atoms with Crippen molar-refractivity contribution in [1.29, 1.82) is 0 Å². The van der Waals surface area contributed by atoms with Crippen LogP contribution in [0.2, 0.25) is 0 Å². The van der Waals surface area contributed by atoms with E-state index in [1.165, 1.54) is 0 Å². The lowest BCUT2D eigenvalue weighted by Crippen LogP contribution is -2.26. The molecule has 23 heavy (non-hydrogen) atoms. The van der Waals surface area contributed by atoms with Gasteiger partial charge in [-0.25, -0.2) is 4.98 Å². The highest BCUT2D eigenvalue weighted by Crippen LogP contribution is 2.24. The number of benzene rings is 1. The summed E-state index contributed by atoms with van der Waals surface area (Å²) in [5.41, 5.74) is 1.02. The summed E-state index contributed by atoms with van der Waals surface area (Å²) in [4.78, 5) is 6.46. The summed E-state index contributed by atoms with van der Waals surface area (Å²) >= 11 is 0. The van der Waals surface area contributed by atoms with Crippen LogP contribution in [0.4, 0.5) is 0 Å². The van der Waals surface area contributed by atoms with E-state index in [4.69, 9.17) is 9.15 Å². The lowest BCUT2D eigenvalue weighted by atomic mass is 9.94. The molecule has 0 aliphatic heterocycles. The zero-order valence-electron chi connectivity index (χ0n) is 14.4. The van der Waals surface area contributed by atoms with Crippen LogP contribution in [0.1, 0.15) is 38.0 Å². The zero-order chi connectivity index (χ0) is 16.9. The minimum atomic E-state index is -0.0598. The number of hydrogen-bond acceptors (Lipinski definition) is 5. The van der Waals surface area contributed by atoms with Gasteiger partial charge in [-0.1, -0.05) is 39.0 Å². The van der Waals surface area contributed by atoms with Gasteiger partial charge in [0.15, 0.2) is 0 Å². The first-order valence-electron chi connectivity index (χ1n) is 7.84. The topological polar surface area (TPSA) is 58.7 Å². The highest BCUT2D eigenvalue weighted by atomic mass is 16.5. The fourth-order valence-corrected chi connectivity index (χ4v) is 2.35. The number of nitrogens with zero attached hydrogens (tertiary/aromatic N) is 2. The summed E-state index contributed by atoms with van der Waals surface area (Å²) in [6.07, 6.45) is 1.79. The normalized spacial score (nSPS) is 11.9. The zero-order valence-corrected chi connectivity index (χ0v) is 14.4. The lowest BCUT2D eigenvalue weighted by Gasteiger charge is -2.21. The second-order valence-electron chi connectivity index (χ2n) is 6.61. The molecule has 0 fully saturated rings. The van der Waals surface area contributed by atoms with Gasteiger partial charge in [0.1, 0.15) is 11.5 Å². The molecule has 0 atom stereocenters. The first-order valence-corrected chi connectivity index (χ1v) is 7.84. The van der Waals surface area contributed by atoms with Crippen molar-refractivity contribution in [1.82, 2.24) is 9.88 Å². The minimum Gasteiger partial charge on any atom is -0.496 e. The molecule has 5 heteroatoms. The second kappa shape index (κ2) is 7.62. The Kier molecular flexibility index (Phi) is 5.80. The largest absolute Gasteiger partial charge is 0.496 e. The third-order valence-corrected chi connectivity index (χ3v) is 3.65. The number of methoxy groups -OCH3 is 1. The lowest BCUT2D eigenvalue weighted by molar-refractivity contribution is 0.169. The minimum absolute atomic E-state index is 0.0598. The predicted octanol–water partition coefficient (Wildman–Crippen LogP) is 2.98. The van der Waals surface area contributed by atoms with Crippen molar-refractivity contribution in [3.63, 3.8) is 0 Å². The van der Waals surface area contributed by atoms with Gasteiger partial charge in [-0.3, -0.25) is 4.90 Å². The Balaban J connectivity index is 2.11. The van der Waals surface area contributed by atoms with E-state index in [0.29, 0.717) is 25.5 Å². The Morgan fingerprint density at radius 1 is 1.22 bits per heavy atom. The summed E-state index contributed by atoms with van der Waals surface area (Å²) in [5, 5.41) is 9.33. The van der Waals surface area contributed by atoms with Gasteiger partial charge < -0.3 is 14.3 Å². The van der Waals surface area contributed by atoms with E-state index >= 15 is 0 Å². The van der Waals surface area contributed by atoms with Crippen LogP contribution in [0, 0.1) is 0 Å². The van der Waals surface area contributed by atoms with Crippen LogP contribution < -0.4 is 4.74 Å². The molecule has 0 unspecified atom stereocenters. The van der Waals surface area contributed by atoms with Gasteiger partial charge in [0.25, 0.3) is 0 Å². The van der Waals surface area contributed by atoms with Gasteiger partial charge in [-0.2, -0.15) is 0 Å². The maximum absolute atomic E-state index is 9.33. The molecule has 1 heterocycles. The first kappa shape index (κ1) is 17.5. The van der Waals surface area contributed by atoms with Gasteiger partial charge in [0.2, 0.25) is 5.89 Å². The number of aliphatic hydroxyl groups excluding tert-OH is 1. The van der Waals surface area contributed by atoms with Crippen LogP contribution in [-0.2, 0) is 18.5 Å². The summed E-state index contributed by atoms with van der Waals surface area (Å²) < 4.78 is 11.2. The predicted molar refractivity (Wildman–Crippen MR) is 89.4 cm³/mol. The molecule has 2 rings (SSSR count). The van der Waals surface area contributed by atoms with Gasteiger partial charge in [-0.05, 0) is 6.07 Å². The Labute approximate surface area is 137 Å². The van der Waals surface area contributed by atoms with Gasteiger partial charge >= 0.3 is 0 Å². The van der Waals surface area contributed by atoms with E-state index < -0.39 is 0 Å². The second-order valence-corrected chi connectivity index (χ2v) is 6.61. The Morgan fingerprint density at radius 3 is 2.57 bits per heavy atom. The summed E-state index contributed by atoms with van der Waals surface area (Å²) in [5.74, 6) is 2.38. The third-order valence-electron chi connectivity index (χ3n) is 3.65. The number of ether oxygens (including phenoxy) is 1. The number of hydrogen-bond donors (Lipinski definition) is 1. The fourth-order valence-electron chi connectivity index (χ4n) is 2.35. The molecule has 0 aliphatic carbocycles. The molecule has 0 bridgehead atoms. The molecular weight excluding hydrogens is 292 g/mol. The average molecular weight is 318 g/mol. The van der Waals surface area contributed by atoms with E-state index in [1.807, 2.05) is 24.3 Å². The van der Waals surface area contributed by atoms with Crippen molar-refractivity contribution in [2.24, 2.45) is 0 Å². The SMILES string of the molecule is COc1ccccc1CN(CCO)Cc1ncc(C(C)(C)C)o1. The molecule has 2 aromatic rings. The maximum Gasteiger partial charge on any atom is 0.208 e. The van der Waals surface area contributed by atoms with E-state index in [9.17, 15) is 5.11 Å². The van der Waals surface area contributed by atoms with Crippen LogP contribution in [0.25, 0.3) is 0 Å². The van der Waals surface area contributed by atoms with Crippen LogP contribution in [-0.4, -0.2) is 35.3 Å². The molecule has 0 saturated heterocycles. The van der Waals surface area contributed by atoms with Gasteiger partial charge in [0, 0.05) is 24.1 Å². The standard InChI is InChI=1S/C18H26N2O3/c1-18(2,3)16-11-19-17(23-16)13-20(9-10-21)12-14-7-5-6-8-15(14)22-4/h5-8,11,21H,9-10,12-13H2,1-4H3. The first-order chi connectivity index (χ1) is 10.9. The van der Waals surface area contributed by atoms with E-state index in [1.54, 1.807) is 13.3 Å². The number of aliphatic hydroxyl groups is 1. The van der Waals surface area contributed by atoms with E-state index in [-0.39, 0.29) is 12.0 Å². The monoisotopic (exact) mass is 318 g/mol. The summed E-state index contributed by atoms with van der Waals surface area (Å²) in [6.45, 7) is 8.13. The molecule has 0 spiro atoms. The molecule has 0 amide bonds. The van der Waals surface area contributed by atoms with Crippen molar-refractivity contribution in [3.05, 3.63) is 47.7 Å². The maximum atomic E-state index is 9.33. The third kappa shape index (κ3) is 4.81. The molecule has 0 aliphatic rings. The number of aromatic nitrogens is 1. The number of rotatable bonds is 7.